The first-order valence-electron chi connectivity index (χ1n) is 8.88. The van der Waals surface area contributed by atoms with E-state index in [4.69, 9.17) is 9.47 Å². The third kappa shape index (κ3) is 3.95. The predicted molar refractivity (Wildman–Crippen MR) is 89.3 cm³/mol. The molecule has 22 heavy (non-hydrogen) atoms. The minimum Gasteiger partial charge on any atom is -0.470 e. The molecule has 0 aromatic heterocycles. The lowest BCUT2D eigenvalue weighted by Crippen LogP contribution is -2.34. The van der Waals surface area contributed by atoms with Crippen molar-refractivity contribution in [3.05, 3.63) is 35.8 Å². The van der Waals surface area contributed by atoms with Crippen LogP contribution in [0.5, 0.6) is 0 Å². The van der Waals surface area contributed by atoms with Crippen LogP contribution >= 0.6 is 0 Å². The van der Waals surface area contributed by atoms with E-state index in [0.717, 1.165) is 25.9 Å². The fourth-order valence-electron chi connectivity index (χ4n) is 3.62. The summed E-state index contributed by atoms with van der Waals surface area (Å²) in [5.41, 5.74) is 2.57. The average molecular weight is 303 g/mol. The Bertz CT molecular complexity index is 450. The molecular weight excluding hydrogens is 274 g/mol. The zero-order valence-corrected chi connectivity index (χ0v) is 13.9. The van der Waals surface area contributed by atoms with Gasteiger partial charge < -0.3 is 14.4 Å². The molecule has 0 atom stereocenters. The summed E-state index contributed by atoms with van der Waals surface area (Å²) in [6, 6.07) is 0. The number of allylic oxidation sites excluding steroid dienone is 3. The first kappa shape index (κ1) is 15.7. The molecule has 2 aliphatic heterocycles. The van der Waals surface area contributed by atoms with Crippen molar-refractivity contribution in [3.63, 3.8) is 0 Å². The van der Waals surface area contributed by atoms with E-state index in [2.05, 4.69) is 24.0 Å². The monoisotopic (exact) mass is 303 g/mol. The molecule has 1 saturated heterocycles. The molecule has 3 heteroatoms. The maximum atomic E-state index is 6.26. The van der Waals surface area contributed by atoms with Crippen LogP contribution in [-0.4, -0.2) is 30.4 Å². The second-order valence-electron chi connectivity index (χ2n) is 6.84. The van der Waals surface area contributed by atoms with Gasteiger partial charge in [-0.25, -0.2) is 0 Å². The van der Waals surface area contributed by atoms with Crippen LogP contribution in [0.2, 0.25) is 0 Å². The second kappa shape index (κ2) is 7.36. The highest BCUT2D eigenvalue weighted by Gasteiger charge is 2.33. The third-order valence-corrected chi connectivity index (χ3v) is 4.92. The molecular formula is C19H29NO2. The van der Waals surface area contributed by atoms with E-state index in [1.807, 2.05) is 12.3 Å². The molecule has 3 aliphatic rings. The summed E-state index contributed by atoms with van der Waals surface area (Å²) >= 11 is 0. The molecule has 0 aromatic carbocycles. The van der Waals surface area contributed by atoms with E-state index in [-0.39, 0.29) is 0 Å². The van der Waals surface area contributed by atoms with Gasteiger partial charge in [0.05, 0.1) is 12.9 Å². The van der Waals surface area contributed by atoms with Gasteiger partial charge >= 0.3 is 0 Å². The predicted octanol–water partition coefficient (Wildman–Crippen LogP) is 4.52. The van der Waals surface area contributed by atoms with Crippen molar-refractivity contribution in [1.29, 1.82) is 0 Å². The van der Waals surface area contributed by atoms with Gasteiger partial charge in [-0.1, -0.05) is 12.8 Å². The molecule has 0 aromatic rings. The van der Waals surface area contributed by atoms with Crippen molar-refractivity contribution < 1.29 is 9.47 Å². The minimum absolute atomic E-state index is 0.402. The van der Waals surface area contributed by atoms with Crippen LogP contribution in [0.15, 0.2) is 35.8 Å². The number of nitrogens with zero attached hydrogens (tertiary/aromatic N) is 1. The quantitative estimate of drug-likeness (QED) is 0.710. The van der Waals surface area contributed by atoms with Crippen LogP contribution in [0.25, 0.3) is 0 Å². The van der Waals surface area contributed by atoms with Crippen molar-refractivity contribution in [2.75, 3.05) is 19.7 Å². The fraction of sp³-hybridized carbons (Fsp3) is 0.684. The van der Waals surface area contributed by atoms with Gasteiger partial charge in [0.25, 0.3) is 0 Å². The molecule has 2 fully saturated rings. The van der Waals surface area contributed by atoms with Crippen LogP contribution in [0.3, 0.4) is 0 Å². The molecule has 0 radical (unpaired) electrons. The topological polar surface area (TPSA) is 21.7 Å². The Kier molecular flexibility index (Phi) is 5.24. The molecule has 0 N–H and O–H groups in total. The zero-order valence-electron chi connectivity index (χ0n) is 13.9. The highest BCUT2D eigenvalue weighted by molar-refractivity contribution is 5.26. The summed E-state index contributed by atoms with van der Waals surface area (Å²) in [4.78, 5) is 2.46. The van der Waals surface area contributed by atoms with Crippen molar-refractivity contribution in [1.82, 2.24) is 4.90 Å². The minimum atomic E-state index is -0.402. The molecule has 0 amide bonds. The molecule has 3 rings (SSSR count). The lowest BCUT2D eigenvalue weighted by molar-refractivity contribution is -0.209. The van der Waals surface area contributed by atoms with E-state index in [9.17, 15) is 0 Å². The summed E-state index contributed by atoms with van der Waals surface area (Å²) in [6.45, 7) is 5.16. The standard InChI is InChI=1S/C19H29NO2/c1-17-15-18(20-12-6-7-13-20)9-8-14-21-19(22-16-17)10-4-2-3-5-11-19/h8-9,14-15H,2-7,10-13,16H2,1H3/b14-8+,17-15+,18-9+. The summed E-state index contributed by atoms with van der Waals surface area (Å²) in [5, 5.41) is 0. The number of likely N-dealkylation sites (tertiary alicyclic amines) is 1. The van der Waals surface area contributed by atoms with E-state index in [0.29, 0.717) is 6.61 Å². The van der Waals surface area contributed by atoms with Crippen molar-refractivity contribution in [2.24, 2.45) is 0 Å². The molecule has 2 heterocycles. The SMILES string of the molecule is C\C1=C/C(N2CCCC2)=C\C=C\OC2(CCCCCC2)OC1. The Labute approximate surface area is 134 Å². The van der Waals surface area contributed by atoms with E-state index >= 15 is 0 Å². The summed E-state index contributed by atoms with van der Waals surface area (Å²) < 4.78 is 12.4. The smallest absolute Gasteiger partial charge is 0.209 e. The van der Waals surface area contributed by atoms with Crippen LogP contribution in [0.4, 0.5) is 0 Å². The molecule has 0 bridgehead atoms. The van der Waals surface area contributed by atoms with Gasteiger partial charge in [0.2, 0.25) is 5.79 Å². The molecule has 3 nitrogen and oxygen atoms in total. The zero-order chi connectivity index (χ0) is 15.3. The summed E-state index contributed by atoms with van der Waals surface area (Å²) in [5.74, 6) is -0.402. The lowest BCUT2D eigenvalue weighted by atomic mass is 10.1. The molecule has 1 saturated carbocycles. The number of ether oxygens (including phenoxy) is 2. The first-order valence-corrected chi connectivity index (χ1v) is 8.88. The summed E-state index contributed by atoms with van der Waals surface area (Å²) in [7, 11) is 0. The highest BCUT2D eigenvalue weighted by atomic mass is 16.7. The van der Waals surface area contributed by atoms with E-state index in [1.54, 1.807) is 0 Å². The molecule has 1 spiro atoms. The van der Waals surface area contributed by atoms with Crippen LogP contribution < -0.4 is 0 Å². The van der Waals surface area contributed by atoms with Crippen LogP contribution in [0, 0.1) is 0 Å². The van der Waals surface area contributed by atoms with Crippen molar-refractivity contribution in [3.8, 4) is 0 Å². The highest BCUT2D eigenvalue weighted by Crippen LogP contribution is 2.33. The lowest BCUT2D eigenvalue weighted by Gasteiger charge is -2.32. The normalized spacial score (nSPS) is 32.3. The Hall–Kier alpha value is -1.22. The van der Waals surface area contributed by atoms with Crippen molar-refractivity contribution in [2.45, 2.75) is 64.1 Å². The van der Waals surface area contributed by atoms with E-state index < -0.39 is 5.79 Å². The van der Waals surface area contributed by atoms with Crippen LogP contribution in [0.1, 0.15) is 58.3 Å². The van der Waals surface area contributed by atoms with Gasteiger partial charge in [0, 0.05) is 31.6 Å². The Morgan fingerprint density at radius 3 is 2.45 bits per heavy atom. The van der Waals surface area contributed by atoms with E-state index in [1.165, 1.54) is 49.8 Å². The van der Waals surface area contributed by atoms with Gasteiger partial charge in [0.1, 0.15) is 0 Å². The number of rotatable bonds is 1. The van der Waals surface area contributed by atoms with Gasteiger partial charge in [-0.15, -0.1) is 0 Å². The van der Waals surface area contributed by atoms with Gasteiger partial charge in [-0.3, -0.25) is 0 Å². The second-order valence-corrected chi connectivity index (χ2v) is 6.84. The molecule has 1 aliphatic carbocycles. The maximum absolute atomic E-state index is 6.26. The Morgan fingerprint density at radius 1 is 1.00 bits per heavy atom. The summed E-state index contributed by atoms with van der Waals surface area (Å²) in [6.07, 6.45) is 18.0. The molecule has 122 valence electrons. The third-order valence-electron chi connectivity index (χ3n) is 4.92. The average Bonchev–Trinajstić information content (AvgIpc) is 2.96. The molecule has 0 unspecified atom stereocenters. The van der Waals surface area contributed by atoms with Gasteiger partial charge in [-0.2, -0.15) is 0 Å². The Morgan fingerprint density at radius 2 is 1.73 bits per heavy atom. The van der Waals surface area contributed by atoms with Crippen LogP contribution in [-0.2, 0) is 9.47 Å². The van der Waals surface area contributed by atoms with Crippen molar-refractivity contribution >= 4 is 0 Å². The largest absolute Gasteiger partial charge is 0.470 e. The Balaban J connectivity index is 1.76. The maximum Gasteiger partial charge on any atom is 0.209 e. The van der Waals surface area contributed by atoms with Gasteiger partial charge in [-0.05, 0) is 56.4 Å². The fourth-order valence-corrected chi connectivity index (χ4v) is 3.62. The number of hydrogen-bond donors (Lipinski definition) is 0. The number of hydrogen-bond acceptors (Lipinski definition) is 3. The van der Waals surface area contributed by atoms with Gasteiger partial charge in [0.15, 0.2) is 0 Å². The first-order chi connectivity index (χ1) is 10.8.